The van der Waals surface area contributed by atoms with Gasteiger partial charge in [-0.15, -0.1) is 0 Å². The maximum Gasteiger partial charge on any atom is 0.374 e. The van der Waals surface area contributed by atoms with Gasteiger partial charge in [-0.3, -0.25) is 5.10 Å². The van der Waals surface area contributed by atoms with Crippen LogP contribution >= 0.6 is 0 Å². The first-order valence-electron chi connectivity index (χ1n) is 3.27. The Hall–Kier alpha value is -1.45. The zero-order chi connectivity index (χ0) is 8.55. The van der Waals surface area contributed by atoms with Crippen LogP contribution in [0.3, 0.4) is 0 Å². The molecule has 0 amide bonds. The van der Waals surface area contributed by atoms with Gasteiger partial charge in [0.05, 0.1) is 6.20 Å². The van der Waals surface area contributed by atoms with Gasteiger partial charge in [0.2, 0.25) is 0 Å². The second-order valence-electron chi connectivity index (χ2n) is 2.30. The molecule has 0 atom stereocenters. The lowest BCUT2D eigenvalue weighted by atomic mass is 10.0. The zero-order valence-electron chi connectivity index (χ0n) is 6.11. The highest BCUT2D eigenvalue weighted by molar-refractivity contribution is 6.36. The van der Waals surface area contributed by atoms with Crippen molar-refractivity contribution < 1.29 is 4.65 Å². The molecule has 2 aromatic heterocycles. The molecule has 54 valence electrons. The molecular weight excluding hydrogens is 152 g/mol. The maximum absolute atomic E-state index is 5.55. The van der Waals surface area contributed by atoms with Crippen molar-refractivity contribution >= 4 is 32.5 Å². The highest BCUT2D eigenvalue weighted by Crippen LogP contribution is 2.13. The molecule has 2 rings (SSSR count). The molecule has 0 aliphatic rings. The zero-order valence-corrected chi connectivity index (χ0v) is 6.11. The standard InChI is InChI=1S/C6H3B2N3O/c7-5-4-1-3(12-8)2-9-6(4)11-10-5/h1-2H,(H,9,10,11). The molecule has 0 saturated heterocycles. The van der Waals surface area contributed by atoms with Crippen molar-refractivity contribution in [2.45, 2.75) is 0 Å². The summed E-state index contributed by atoms with van der Waals surface area (Å²) in [5.41, 5.74) is 1.00. The van der Waals surface area contributed by atoms with Crippen LogP contribution < -0.4 is 10.2 Å². The molecule has 0 aliphatic heterocycles. The molecule has 0 bridgehead atoms. The van der Waals surface area contributed by atoms with E-state index in [4.69, 9.17) is 15.9 Å². The van der Waals surface area contributed by atoms with Crippen molar-refractivity contribution in [3.8, 4) is 5.75 Å². The molecule has 1 N–H and O–H groups in total. The summed E-state index contributed by atoms with van der Waals surface area (Å²) in [7, 11) is 10.5. The second kappa shape index (κ2) is 2.55. The first kappa shape index (κ1) is 7.21. The van der Waals surface area contributed by atoms with Crippen LogP contribution in [-0.2, 0) is 0 Å². The fourth-order valence-electron chi connectivity index (χ4n) is 0.964. The molecule has 4 radical (unpaired) electrons. The van der Waals surface area contributed by atoms with E-state index in [1.807, 2.05) is 0 Å². The Morgan fingerprint density at radius 1 is 1.50 bits per heavy atom. The first-order chi connectivity index (χ1) is 5.81. The average molecular weight is 155 g/mol. The van der Waals surface area contributed by atoms with Crippen LogP contribution in [0.25, 0.3) is 11.0 Å². The molecule has 0 aromatic carbocycles. The number of hydrogen-bond acceptors (Lipinski definition) is 3. The number of pyridine rings is 1. The number of H-pyrrole nitrogens is 1. The van der Waals surface area contributed by atoms with Crippen molar-refractivity contribution in [1.29, 1.82) is 0 Å². The molecule has 12 heavy (non-hydrogen) atoms. The Morgan fingerprint density at radius 2 is 2.33 bits per heavy atom. The van der Waals surface area contributed by atoms with E-state index < -0.39 is 0 Å². The van der Waals surface area contributed by atoms with E-state index in [0.717, 1.165) is 0 Å². The molecule has 0 fully saturated rings. The van der Waals surface area contributed by atoms with Crippen LogP contribution in [0.15, 0.2) is 12.3 Å². The van der Waals surface area contributed by atoms with E-state index in [2.05, 4.69) is 19.8 Å². The van der Waals surface area contributed by atoms with Gasteiger partial charge in [-0.2, -0.15) is 5.10 Å². The quantitative estimate of drug-likeness (QED) is 0.549. The lowest BCUT2D eigenvalue weighted by molar-refractivity contribution is 0.614. The third-order valence-electron chi connectivity index (χ3n) is 1.55. The van der Waals surface area contributed by atoms with Gasteiger partial charge in [0.1, 0.15) is 13.6 Å². The van der Waals surface area contributed by atoms with Crippen LogP contribution in [0.1, 0.15) is 0 Å². The minimum absolute atomic E-state index is 0.454. The lowest BCUT2D eigenvalue weighted by Crippen LogP contribution is -2.03. The topological polar surface area (TPSA) is 50.8 Å². The number of aromatic amines is 1. The summed E-state index contributed by atoms with van der Waals surface area (Å²) in [6, 6.07) is 1.67. The monoisotopic (exact) mass is 155 g/mol. The summed E-state index contributed by atoms with van der Waals surface area (Å²) in [6.45, 7) is 0. The molecule has 4 nitrogen and oxygen atoms in total. The summed E-state index contributed by atoms with van der Waals surface area (Å²) in [4.78, 5) is 3.95. The number of hydrogen-bond donors (Lipinski definition) is 1. The Morgan fingerprint density at radius 3 is 3.08 bits per heavy atom. The van der Waals surface area contributed by atoms with Crippen molar-refractivity contribution in [3.05, 3.63) is 12.3 Å². The molecule has 2 heterocycles. The number of aromatic nitrogens is 3. The SMILES string of the molecule is [B]Oc1cnc2n[nH]c([B])c2c1. The highest BCUT2D eigenvalue weighted by Gasteiger charge is 2.02. The molecule has 0 spiro atoms. The van der Waals surface area contributed by atoms with Crippen molar-refractivity contribution in [2.24, 2.45) is 0 Å². The molecule has 0 aliphatic carbocycles. The van der Waals surface area contributed by atoms with Gasteiger partial charge in [-0.1, -0.05) is 0 Å². The summed E-state index contributed by atoms with van der Waals surface area (Å²) in [5, 5.41) is 7.14. The van der Waals surface area contributed by atoms with Gasteiger partial charge in [-0.05, 0) is 11.7 Å². The largest absolute Gasteiger partial charge is 0.567 e. The van der Waals surface area contributed by atoms with Crippen LogP contribution in [0.5, 0.6) is 5.75 Å². The molecule has 6 heteroatoms. The number of nitrogens with zero attached hydrogens (tertiary/aromatic N) is 2. The van der Waals surface area contributed by atoms with Gasteiger partial charge < -0.3 is 4.65 Å². The smallest absolute Gasteiger partial charge is 0.374 e. The van der Waals surface area contributed by atoms with Gasteiger partial charge in [-0.25, -0.2) is 4.98 Å². The fourth-order valence-corrected chi connectivity index (χ4v) is 0.964. The minimum Gasteiger partial charge on any atom is -0.567 e. The van der Waals surface area contributed by atoms with Gasteiger partial charge in [0.25, 0.3) is 0 Å². The van der Waals surface area contributed by atoms with E-state index in [-0.39, 0.29) is 0 Å². The molecule has 2 aromatic rings. The maximum atomic E-state index is 5.55. The Balaban J connectivity index is 2.71. The van der Waals surface area contributed by atoms with Crippen LogP contribution in [-0.4, -0.2) is 31.1 Å². The predicted molar refractivity (Wildman–Crippen MR) is 45.7 cm³/mol. The van der Waals surface area contributed by atoms with E-state index in [9.17, 15) is 0 Å². The van der Waals surface area contributed by atoms with Crippen molar-refractivity contribution in [3.63, 3.8) is 0 Å². The molecular formula is C6H3B2N3O. The third kappa shape index (κ3) is 0.958. The number of rotatable bonds is 1. The van der Waals surface area contributed by atoms with E-state index >= 15 is 0 Å². The molecule has 0 unspecified atom stereocenters. The van der Waals surface area contributed by atoms with E-state index in [1.54, 1.807) is 6.07 Å². The highest BCUT2D eigenvalue weighted by atomic mass is 16.4. The normalized spacial score (nSPS) is 10.3. The van der Waals surface area contributed by atoms with Crippen LogP contribution in [0.2, 0.25) is 0 Å². The van der Waals surface area contributed by atoms with Crippen molar-refractivity contribution in [2.75, 3.05) is 0 Å². The minimum atomic E-state index is 0.454. The third-order valence-corrected chi connectivity index (χ3v) is 1.55. The number of fused-ring (bicyclic) bond motifs is 1. The predicted octanol–water partition coefficient (Wildman–Crippen LogP) is -0.786. The van der Waals surface area contributed by atoms with E-state index in [0.29, 0.717) is 22.4 Å². The first-order valence-corrected chi connectivity index (χ1v) is 3.27. The second-order valence-corrected chi connectivity index (χ2v) is 2.30. The molecule has 0 saturated carbocycles. The number of nitrogens with one attached hydrogen (secondary N) is 1. The average Bonchev–Trinajstić information content (AvgIpc) is 2.47. The van der Waals surface area contributed by atoms with Gasteiger partial charge in [0, 0.05) is 5.39 Å². The van der Waals surface area contributed by atoms with Crippen molar-refractivity contribution in [1.82, 2.24) is 15.2 Å². The Kier molecular flexibility index (Phi) is 1.53. The summed E-state index contributed by atoms with van der Waals surface area (Å²) in [6.07, 6.45) is 1.47. The van der Waals surface area contributed by atoms with Gasteiger partial charge >= 0.3 is 8.05 Å². The van der Waals surface area contributed by atoms with E-state index in [1.165, 1.54) is 6.20 Å². The Labute approximate surface area is 71.2 Å². The summed E-state index contributed by atoms with van der Waals surface area (Å²) >= 11 is 0. The summed E-state index contributed by atoms with van der Waals surface area (Å²) < 4.78 is 4.49. The lowest BCUT2D eigenvalue weighted by Gasteiger charge is -1.97. The Bertz CT molecular complexity index is 414. The summed E-state index contributed by atoms with van der Waals surface area (Å²) in [5.74, 6) is 0.454. The fraction of sp³-hybridized carbons (Fsp3) is 0. The van der Waals surface area contributed by atoms with Gasteiger partial charge in [0.15, 0.2) is 5.65 Å². The van der Waals surface area contributed by atoms with Crippen LogP contribution in [0.4, 0.5) is 0 Å². The van der Waals surface area contributed by atoms with Crippen LogP contribution in [0, 0.1) is 0 Å².